The summed E-state index contributed by atoms with van der Waals surface area (Å²) in [7, 11) is -3.35. The lowest BCUT2D eigenvalue weighted by atomic mass is 10.1. The molecule has 2 aromatic heterocycles. The summed E-state index contributed by atoms with van der Waals surface area (Å²) in [6.07, 6.45) is 0. The number of hydrogen-bond acceptors (Lipinski definition) is 6. The Morgan fingerprint density at radius 3 is 2.69 bits per heavy atom. The molecule has 0 aliphatic carbocycles. The van der Waals surface area contributed by atoms with Gasteiger partial charge in [-0.2, -0.15) is 5.10 Å². The van der Waals surface area contributed by atoms with E-state index in [9.17, 15) is 18.0 Å². The number of nitrogens with one attached hydrogen (secondary N) is 1. The van der Waals surface area contributed by atoms with Gasteiger partial charge in [-0.1, -0.05) is 30.3 Å². The van der Waals surface area contributed by atoms with Crippen molar-refractivity contribution < 1.29 is 17.6 Å². The lowest BCUT2D eigenvalue weighted by molar-refractivity contribution is 0.102. The number of para-hydroxylation sites is 1. The Labute approximate surface area is 183 Å². The van der Waals surface area contributed by atoms with Crippen LogP contribution < -0.4 is 10.9 Å². The zero-order valence-corrected chi connectivity index (χ0v) is 18.2. The van der Waals surface area contributed by atoms with Crippen LogP contribution in [0, 0.1) is 13.8 Å². The number of amides is 1. The van der Waals surface area contributed by atoms with Crippen molar-refractivity contribution in [3.05, 3.63) is 86.9 Å². The first-order valence-electron chi connectivity index (χ1n) is 9.95. The molecule has 0 saturated carbocycles. The minimum atomic E-state index is -3.35. The number of anilines is 1. The molecular weight excluding hydrogens is 430 g/mol. The first-order valence-corrected chi connectivity index (χ1v) is 11.8. The van der Waals surface area contributed by atoms with E-state index in [1.165, 1.54) is 6.07 Å². The molecule has 4 aromatic rings. The van der Waals surface area contributed by atoms with Gasteiger partial charge in [0, 0.05) is 10.9 Å². The number of aromatic nitrogens is 2. The van der Waals surface area contributed by atoms with Crippen molar-refractivity contribution in [3.8, 4) is 5.69 Å². The molecule has 1 aliphatic rings. The summed E-state index contributed by atoms with van der Waals surface area (Å²) in [4.78, 5) is 25.6. The van der Waals surface area contributed by atoms with Gasteiger partial charge in [0.15, 0.2) is 9.84 Å². The molecule has 1 N–H and O–H groups in total. The zero-order valence-electron chi connectivity index (χ0n) is 17.4. The highest BCUT2D eigenvalue weighted by molar-refractivity contribution is 7.90. The van der Waals surface area contributed by atoms with Crippen LogP contribution >= 0.6 is 0 Å². The van der Waals surface area contributed by atoms with E-state index in [1.54, 1.807) is 28.9 Å². The Bertz CT molecular complexity index is 1580. The fourth-order valence-corrected chi connectivity index (χ4v) is 5.40. The minimum absolute atomic E-state index is 0.174. The molecule has 1 amide bonds. The molecule has 0 bridgehead atoms. The van der Waals surface area contributed by atoms with Crippen molar-refractivity contribution in [2.24, 2.45) is 0 Å². The van der Waals surface area contributed by atoms with Gasteiger partial charge < -0.3 is 9.73 Å². The van der Waals surface area contributed by atoms with Crippen LogP contribution in [0.4, 0.5) is 5.82 Å². The highest BCUT2D eigenvalue weighted by atomic mass is 32.2. The number of fused-ring (bicyclic) bond motifs is 2. The summed E-state index contributed by atoms with van der Waals surface area (Å²) in [5, 5.41) is 7.84. The molecule has 8 nitrogen and oxygen atoms in total. The van der Waals surface area contributed by atoms with Crippen molar-refractivity contribution in [3.63, 3.8) is 0 Å². The van der Waals surface area contributed by atoms with Crippen LogP contribution in [0.2, 0.25) is 0 Å². The second-order valence-electron chi connectivity index (χ2n) is 7.88. The van der Waals surface area contributed by atoms with E-state index in [-0.39, 0.29) is 22.9 Å². The quantitative estimate of drug-likeness (QED) is 0.481. The van der Waals surface area contributed by atoms with E-state index in [0.29, 0.717) is 22.2 Å². The van der Waals surface area contributed by atoms with Gasteiger partial charge in [0.25, 0.3) is 5.91 Å². The Hall–Kier alpha value is -3.72. The van der Waals surface area contributed by atoms with Gasteiger partial charge in [-0.3, -0.25) is 4.79 Å². The number of nitrogens with zero attached hydrogens (tertiary/aromatic N) is 2. The molecule has 9 heteroatoms. The average molecular weight is 449 g/mol. The molecule has 5 rings (SSSR count). The number of carbonyl (C=O) groups excluding carboxylic acids is 1. The van der Waals surface area contributed by atoms with Gasteiger partial charge in [-0.15, -0.1) is 0 Å². The molecule has 162 valence electrons. The Kier molecular flexibility index (Phi) is 4.52. The third-order valence-electron chi connectivity index (χ3n) is 5.71. The van der Waals surface area contributed by atoms with E-state index in [4.69, 9.17) is 4.42 Å². The molecule has 3 heterocycles. The first-order chi connectivity index (χ1) is 15.2. The van der Waals surface area contributed by atoms with Crippen molar-refractivity contribution >= 4 is 32.5 Å². The van der Waals surface area contributed by atoms with Crippen molar-refractivity contribution in [1.29, 1.82) is 0 Å². The second-order valence-corrected chi connectivity index (χ2v) is 9.94. The van der Waals surface area contributed by atoms with Crippen LogP contribution in [-0.2, 0) is 21.3 Å². The topological polar surface area (TPSA) is 111 Å². The largest absolute Gasteiger partial charge is 0.422 e. The number of aryl methyl sites for hydroxylation is 1. The monoisotopic (exact) mass is 449 g/mol. The van der Waals surface area contributed by atoms with Crippen LogP contribution in [0.3, 0.4) is 0 Å². The molecule has 2 aromatic carbocycles. The fraction of sp³-hybridized carbons (Fsp3) is 0.174. The van der Waals surface area contributed by atoms with Crippen molar-refractivity contribution in [1.82, 2.24) is 9.78 Å². The highest BCUT2D eigenvalue weighted by Gasteiger charge is 2.34. The molecule has 1 aliphatic heterocycles. The third-order valence-corrected chi connectivity index (χ3v) is 7.15. The van der Waals surface area contributed by atoms with Crippen molar-refractivity contribution in [2.75, 3.05) is 5.32 Å². The normalized spacial score (nSPS) is 14.4. The average Bonchev–Trinajstić information content (AvgIpc) is 3.21. The molecular formula is C23H19N3O5S. The van der Waals surface area contributed by atoms with Gasteiger partial charge in [0.05, 0.1) is 22.9 Å². The molecule has 0 unspecified atom stereocenters. The Morgan fingerprint density at radius 2 is 1.88 bits per heavy atom. The number of hydrogen-bond donors (Lipinski definition) is 1. The second kappa shape index (κ2) is 7.16. The number of sulfone groups is 1. The smallest absolute Gasteiger partial charge is 0.349 e. The van der Waals surface area contributed by atoms with Crippen LogP contribution in [0.15, 0.2) is 57.7 Å². The lowest BCUT2D eigenvalue weighted by Crippen LogP contribution is -2.23. The molecule has 32 heavy (non-hydrogen) atoms. The van der Waals surface area contributed by atoms with Gasteiger partial charge >= 0.3 is 5.63 Å². The minimum Gasteiger partial charge on any atom is -0.422 e. The SMILES string of the molecule is Cc1cccc(-n2nc3c(c2NC(=O)c2cc4ccccc4oc2=O)CS(=O)(=O)C3)c1C. The summed E-state index contributed by atoms with van der Waals surface area (Å²) in [5.74, 6) is -0.869. The summed E-state index contributed by atoms with van der Waals surface area (Å²) in [5.41, 5.74) is 2.95. The summed E-state index contributed by atoms with van der Waals surface area (Å²) in [6.45, 7) is 3.89. The maximum Gasteiger partial charge on any atom is 0.349 e. The third kappa shape index (κ3) is 3.31. The van der Waals surface area contributed by atoms with Gasteiger partial charge in [0.1, 0.15) is 17.0 Å². The van der Waals surface area contributed by atoms with Crippen LogP contribution in [0.25, 0.3) is 16.7 Å². The maximum absolute atomic E-state index is 13.1. The molecule has 0 fully saturated rings. The van der Waals surface area contributed by atoms with E-state index >= 15 is 0 Å². The lowest BCUT2D eigenvalue weighted by Gasteiger charge is -2.14. The number of rotatable bonds is 3. The van der Waals surface area contributed by atoms with Gasteiger partial charge in [-0.05, 0) is 43.2 Å². The first kappa shape index (κ1) is 20.2. The molecule has 0 saturated heterocycles. The zero-order chi connectivity index (χ0) is 22.6. The van der Waals surface area contributed by atoms with E-state index < -0.39 is 21.4 Å². The highest BCUT2D eigenvalue weighted by Crippen LogP contribution is 2.34. The Morgan fingerprint density at radius 1 is 1.09 bits per heavy atom. The van der Waals surface area contributed by atoms with E-state index in [1.807, 2.05) is 32.0 Å². The predicted octanol–water partition coefficient (Wildman–Crippen LogP) is 3.28. The maximum atomic E-state index is 13.1. The van der Waals surface area contributed by atoms with Gasteiger partial charge in [0.2, 0.25) is 0 Å². The van der Waals surface area contributed by atoms with E-state index in [0.717, 1.165) is 16.8 Å². The molecule has 0 radical (unpaired) electrons. The standard InChI is InChI=1S/C23H19N3O5S/c1-13-6-5-8-19(14(13)2)26-21(17-11-32(29,30)12-18(17)25-26)24-22(27)16-10-15-7-3-4-9-20(15)31-23(16)28/h3-10H,11-12H2,1-2H3,(H,24,27). The number of benzene rings is 2. The van der Waals surface area contributed by atoms with Crippen LogP contribution in [0.5, 0.6) is 0 Å². The summed E-state index contributed by atoms with van der Waals surface area (Å²) >= 11 is 0. The van der Waals surface area contributed by atoms with E-state index in [2.05, 4.69) is 10.4 Å². The van der Waals surface area contributed by atoms with Crippen molar-refractivity contribution in [2.45, 2.75) is 25.4 Å². The summed E-state index contributed by atoms with van der Waals surface area (Å²) in [6, 6.07) is 14.0. The van der Waals surface area contributed by atoms with Gasteiger partial charge in [-0.25, -0.2) is 17.9 Å². The summed E-state index contributed by atoms with van der Waals surface area (Å²) < 4.78 is 31.2. The van der Waals surface area contributed by atoms with Crippen LogP contribution in [0.1, 0.15) is 32.7 Å². The number of carbonyl (C=O) groups is 1. The Balaban J connectivity index is 1.63. The fourth-order valence-electron chi connectivity index (χ4n) is 3.91. The molecule has 0 spiro atoms. The molecule has 0 atom stereocenters. The van der Waals surface area contributed by atoms with Crippen LogP contribution in [-0.4, -0.2) is 24.1 Å². The predicted molar refractivity (Wildman–Crippen MR) is 120 cm³/mol.